The molecule has 0 saturated heterocycles. The number of benzene rings is 1. The molecule has 1 heterocycles. The quantitative estimate of drug-likeness (QED) is 0.464. The predicted octanol–water partition coefficient (Wildman–Crippen LogP) is 3.27. The Balaban J connectivity index is 1.79. The minimum atomic E-state index is -0.113. The summed E-state index contributed by atoms with van der Waals surface area (Å²) in [5.74, 6) is 0.543. The number of hydrogen-bond donors (Lipinski definition) is 4. The highest BCUT2D eigenvalue weighted by Gasteiger charge is 2.22. The fourth-order valence-electron chi connectivity index (χ4n) is 4.27. The summed E-state index contributed by atoms with van der Waals surface area (Å²) in [4.78, 5) is 17.1. The van der Waals surface area contributed by atoms with Crippen molar-refractivity contribution in [3.63, 3.8) is 0 Å². The summed E-state index contributed by atoms with van der Waals surface area (Å²) < 4.78 is 0. The first-order valence-corrected chi connectivity index (χ1v) is 11.3. The van der Waals surface area contributed by atoms with Gasteiger partial charge in [0.05, 0.1) is 17.6 Å². The number of aromatic amines is 1. The van der Waals surface area contributed by atoms with Crippen molar-refractivity contribution in [2.45, 2.75) is 38.5 Å². The largest absolute Gasteiger partial charge is 0.396 e. The van der Waals surface area contributed by atoms with E-state index in [9.17, 15) is 9.90 Å². The van der Waals surface area contributed by atoms with Crippen LogP contribution in [0.1, 0.15) is 38.5 Å². The molecule has 0 spiro atoms. The van der Waals surface area contributed by atoms with E-state index in [-0.39, 0.29) is 12.6 Å². The number of aliphatic hydroxyl groups is 1. The average molecular weight is 429 g/mol. The van der Waals surface area contributed by atoms with Gasteiger partial charge in [-0.05, 0) is 42.9 Å². The van der Waals surface area contributed by atoms with E-state index in [0.717, 1.165) is 29.0 Å². The number of rotatable bonds is 10. The van der Waals surface area contributed by atoms with Crippen molar-refractivity contribution in [3.8, 4) is 11.1 Å². The summed E-state index contributed by atoms with van der Waals surface area (Å²) in [6.45, 7) is 2.57. The molecular weight excluding hydrogens is 392 g/mol. The number of urea groups is 1. The monoisotopic (exact) mass is 428 g/mol. The van der Waals surface area contributed by atoms with E-state index in [4.69, 9.17) is 5.73 Å². The van der Waals surface area contributed by atoms with Gasteiger partial charge in [0.1, 0.15) is 0 Å². The molecule has 1 aromatic carbocycles. The maximum absolute atomic E-state index is 13.2. The van der Waals surface area contributed by atoms with E-state index in [0.29, 0.717) is 32.0 Å². The number of nitrogens with one attached hydrogen (secondary N) is 2. The van der Waals surface area contributed by atoms with Gasteiger partial charge < -0.3 is 26.0 Å². The average Bonchev–Trinajstić information content (AvgIpc) is 3.32. The first kappa shape index (κ1) is 23.1. The zero-order valence-electron chi connectivity index (χ0n) is 18.5. The molecular formula is C23H36N6O2. The number of carbonyl (C=O) groups excluding carboxylic acids is 1. The highest BCUT2D eigenvalue weighted by atomic mass is 16.3. The van der Waals surface area contributed by atoms with Gasteiger partial charge >= 0.3 is 6.03 Å². The summed E-state index contributed by atoms with van der Waals surface area (Å²) >= 11 is 0. The first-order chi connectivity index (χ1) is 15.1. The standard InChI is InChI=1S/C23H36N6O2/c1-28(12-10-24)22-14-19(20-15-25-26-16-20)8-9-21(22)27-23(31)29(11-5-13-30)17-18-6-3-2-4-7-18/h8-9,14-16,18,30H,2-7,10-13,17,24H2,1H3,(H,25,26)(H,27,31). The molecule has 5 N–H and O–H groups in total. The number of hydrogen-bond acceptors (Lipinski definition) is 5. The van der Waals surface area contributed by atoms with Gasteiger partial charge in [-0.2, -0.15) is 5.10 Å². The molecule has 2 aromatic rings. The normalized spacial score (nSPS) is 14.4. The lowest BCUT2D eigenvalue weighted by atomic mass is 9.89. The molecule has 1 aromatic heterocycles. The molecule has 3 rings (SSSR count). The Morgan fingerprint density at radius 2 is 2.06 bits per heavy atom. The highest BCUT2D eigenvalue weighted by molar-refractivity contribution is 5.94. The van der Waals surface area contributed by atoms with Crippen molar-refractivity contribution in [1.82, 2.24) is 15.1 Å². The third-order valence-electron chi connectivity index (χ3n) is 6.02. The molecule has 31 heavy (non-hydrogen) atoms. The smallest absolute Gasteiger partial charge is 0.321 e. The Labute approximate surface area is 184 Å². The van der Waals surface area contributed by atoms with Crippen LogP contribution in [-0.4, -0.2) is 66.1 Å². The van der Waals surface area contributed by atoms with Crippen LogP contribution in [0.2, 0.25) is 0 Å². The van der Waals surface area contributed by atoms with Crippen molar-refractivity contribution < 1.29 is 9.90 Å². The van der Waals surface area contributed by atoms with E-state index in [1.165, 1.54) is 32.1 Å². The Morgan fingerprint density at radius 1 is 1.26 bits per heavy atom. The Morgan fingerprint density at radius 3 is 2.74 bits per heavy atom. The Kier molecular flexibility index (Phi) is 8.73. The Bertz CT molecular complexity index is 804. The summed E-state index contributed by atoms with van der Waals surface area (Å²) in [6.07, 6.45) is 10.3. The molecule has 2 amide bonds. The van der Waals surface area contributed by atoms with Crippen LogP contribution in [0.15, 0.2) is 30.6 Å². The van der Waals surface area contributed by atoms with Gasteiger partial charge in [-0.3, -0.25) is 5.10 Å². The minimum Gasteiger partial charge on any atom is -0.396 e. The number of likely N-dealkylation sites (N-methyl/N-ethyl adjacent to an activating group) is 1. The number of nitrogens with two attached hydrogens (primary N) is 1. The van der Waals surface area contributed by atoms with Crippen molar-refractivity contribution in [2.24, 2.45) is 11.7 Å². The summed E-state index contributed by atoms with van der Waals surface area (Å²) in [7, 11) is 1.97. The number of anilines is 2. The van der Waals surface area contributed by atoms with Crippen LogP contribution in [0.5, 0.6) is 0 Å². The van der Waals surface area contributed by atoms with Gasteiger partial charge in [0.2, 0.25) is 0 Å². The lowest BCUT2D eigenvalue weighted by molar-refractivity contribution is 0.181. The van der Waals surface area contributed by atoms with E-state index in [1.807, 2.05) is 30.3 Å². The van der Waals surface area contributed by atoms with Gasteiger partial charge in [-0.1, -0.05) is 25.3 Å². The highest BCUT2D eigenvalue weighted by Crippen LogP contribution is 2.31. The zero-order chi connectivity index (χ0) is 22.1. The maximum atomic E-state index is 13.2. The molecule has 0 atom stereocenters. The lowest BCUT2D eigenvalue weighted by Gasteiger charge is -2.30. The van der Waals surface area contributed by atoms with Crippen LogP contribution in [0.4, 0.5) is 16.2 Å². The van der Waals surface area contributed by atoms with Crippen LogP contribution in [0.25, 0.3) is 11.1 Å². The molecule has 1 saturated carbocycles. The van der Waals surface area contributed by atoms with Gasteiger partial charge in [-0.15, -0.1) is 0 Å². The van der Waals surface area contributed by atoms with Gasteiger partial charge in [0.25, 0.3) is 0 Å². The second-order valence-corrected chi connectivity index (χ2v) is 8.39. The fourth-order valence-corrected chi connectivity index (χ4v) is 4.27. The van der Waals surface area contributed by atoms with Gasteiger partial charge in [0.15, 0.2) is 0 Å². The number of aromatic nitrogens is 2. The summed E-state index contributed by atoms with van der Waals surface area (Å²) in [5.41, 5.74) is 9.46. The van der Waals surface area contributed by atoms with E-state index in [2.05, 4.69) is 26.5 Å². The number of H-pyrrole nitrogens is 1. The van der Waals surface area contributed by atoms with Gasteiger partial charge in [0, 0.05) is 51.6 Å². The van der Waals surface area contributed by atoms with Crippen molar-refractivity contribution >= 4 is 17.4 Å². The molecule has 0 aliphatic heterocycles. The van der Waals surface area contributed by atoms with E-state index >= 15 is 0 Å². The molecule has 0 unspecified atom stereocenters. The van der Waals surface area contributed by atoms with Crippen LogP contribution in [0.3, 0.4) is 0 Å². The predicted molar refractivity (Wildman–Crippen MR) is 125 cm³/mol. The molecule has 0 radical (unpaired) electrons. The molecule has 8 nitrogen and oxygen atoms in total. The minimum absolute atomic E-state index is 0.0817. The van der Waals surface area contributed by atoms with Crippen LogP contribution >= 0.6 is 0 Å². The van der Waals surface area contributed by atoms with Gasteiger partial charge in [-0.25, -0.2) is 4.79 Å². The fraction of sp³-hybridized carbons (Fsp3) is 0.565. The topological polar surface area (TPSA) is 111 Å². The number of nitrogens with zero attached hydrogens (tertiary/aromatic N) is 3. The molecule has 170 valence electrons. The van der Waals surface area contributed by atoms with Crippen LogP contribution in [0, 0.1) is 5.92 Å². The maximum Gasteiger partial charge on any atom is 0.321 e. The van der Waals surface area contributed by atoms with E-state index < -0.39 is 0 Å². The second kappa shape index (κ2) is 11.7. The zero-order valence-corrected chi connectivity index (χ0v) is 18.5. The van der Waals surface area contributed by atoms with Crippen molar-refractivity contribution in [1.29, 1.82) is 0 Å². The first-order valence-electron chi connectivity index (χ1n) is 11.3. The summed E-state index contributed by atoms with van der Waals surface area (Å²) in [5, 5.41) is 19.3. The number of aliphatic hydroxyl groups excluding tert-OH is 1. The second-order valence-electron chi connectivity index (χ2n) is 8.39. The van der Waals surface area contributed by atoms with E-state index in [1.54, 1.807) is 6.20 Å². The Hall–Kier alpha value is -2.58. The third kappa shape index (κ3) is 6.45. The van der Waals surface area contributed by atoms with Crippen LogP contribution in [-0.2, 0) is 0 Å². The van der Waals surface area contributed by atoms with Crippen molar-refractivity contribution in [3.05, 3.63) is 30.6 Å². The molecule has 1 aliphatic carbocycles. The molecule has 0 bridgehead atoms. The number of amides is 2. The summed E-state index contributed by atoms with van der Waals surface area (Å²) in [6, 6.07) is 5.86. The molecule has 1 fully saturated rings. The number of carbonyl (C=O) groups is 1. The lowest BCUT2D eigenvalue weighted by Crippen LogP contribution is -2.40. The SMILES string of the molecule is CN(CCN)c1cc(-c2cn[nH]c2)ccc1NC(=O)N(CCCO)CC1CCCCC1. The van der Waals surface area contributed by atoms with Crippen molar-refractivity contribution in [2.75, 3.05) is 50.1 Å². The molecule has 8 heteroatoms. The molecule has 1 aliphatic rings. The van der Waals surface area contributed by atoms with Crippen LogP contribution < -0.4 is 16.0 Å². The third-order valence-corrected chi connectivity index (χ3v) is 6.02.